The fraction of sp³-hybridized carbons (Fsp3) is 0.550. The molecule has 2 aliphatic heterocycles. The number of piperidine rings is 1. The van der Waals surface area contributed by atoms with Crippen molar-refractivity contribution in [1.82, 2.24) is 10.2 Å². The van der Waals surface area contributed by atoms with Crippen molar-refractivity contribution in [2.45, 2.75) is 45.3 Å². The number of nitrogens with zero attached hydrogens (tertiary/aromatic N) is 2. The molecule has 0 radical (unpaired) electrons. The zero-order valence-electron chi connectivity index (χ0n) is 16.7. The van der Waals surface area contributed by atoms with E-state index in [0.29, 0.717) is 25.9 Å². The standard InChI is InChI=1S/C20H28N4O4/c1-20(2,3)28-19(27)24-12-10-23(11-13-24)15-6-4-14(5-7-15)21-16-8-9-17(25)22-18(16)26/h4-7,16,21H,8-13H2,1-3H3,(H,22,25,26). The van der Waals surface area contributed by atoms with Crippen LogP contribution in [0, 0.1) is 0 Å². The van der Waals surface area contributed by atoms with Crippen LogP contribution < -0.4 is 15.5 Å². The van der Waals surface area contributed by atoms with E-state index in [1.54, 1.807) is 4.90 Å². The predicted molar refractivity (Wildman–Crippen MR) is 106 cm³/mol. The van der Waals surface area contributed by atoms with E-state index in [9.17, 15) is 14.4 Å². The fourth-order valence-corrected chi connectivity index (χ4v) is 3.27. The quantitative estimate of drug-likeness (QED) is 0.770. The van der Waals surface area contributed by atoms with E-state index >= 15 is 0 Å². The minimum Gasteiger partial charge on any atom is -0.444 e. The number of amides is 3. The lowest BCUT2D eigenvalue weighted by molar-refractivity contribution is -0.133. The molecule has 3 rings (SSSR count). The molecule has 1 aromatic rings. The molecule has 1 atom stereocenters. The lowest BCUT2D eigenvalue weighted by Crippen LogP contribution is -2.50. The summed E-state index contributed by atoms with van der Waals surface area (Å²) >= 11 is 0. The summed E-state index contributed by atoms with van der Waals surface area (Å²) in [6, 6.07) is 7.47. The molecular formula is C20H28N4O4. The van der Waals surface area contributed by atoms with Crippen LogP contribution in [0.1, 0.15) is 33.6 Å². The van der Waals surface area contributed by atoms with Crippen molar-refractivity contribution in [2.24, 2.45) is 0 Å². The SMILES string of the molecule is CC(C)(C)OC(=O)N1CCN(c2ccc(NC3CCC(=O)NC3=O)cc2)CC1. The van der Waals surface area contributed by atoms with Crippen LogP contribution in [0.15, 0.2) is 24.3 Å². The highest BCUT2D eigenvalue weighted by Gasteiger charge is 2.27. The van der Waals surface area contributed by atoms with Crippen molar-refractivity contribution in [2.75, 3.05) is 36.4 Å². The summed E-state index contributed by atoms with van der Waals surface area (Å²) in [5, 5.41) is 5.52. The Labute approximate surface area is 165 Å². The molecule has 1 aromatic carbocycles. The third kappa shape index (κ3) is 5.15. The molecule has 0 aromatic heterocycles. The summed E-state index contributed by atoms with van der Waals surface area (Å²) in [6.45, 7) is 8.30. The van der Waals surface area contributed by atoms with Gasteiger partial charge in [-0.15, -0.1) is 0 Å². The maximum absolute atomic E-state index is 12.2. The zero-order chi connectivity index (χ0) is 20.3. The molecular weight excluding hydrogens is 360 g/mol. The second kappa shape index (κ2) is 8.08. The second-order valence-electron chi connectivity index (χ2n) is 8.15. The van der Waals surface area contributed by atoms with Gasteiger partial charge in [-0.3, -0.25) is 14.9 Å². The van der Waals surface area contributed by atoms with Crippen molar-refractivity contribution in [1.29, 1.82) is 0 Å². The van der Waals surface area contributed by atoms with Gasteiger partial charge in [0.15, 0.2) is 0 Å². The van der Waals surface area contributed by atoms with Crippen LogP contribution in [0.2, 0.25) is 0 Å². The van der Waals surface area contributed by atoms with Crippen LogP contribution >= 0.6 is 0 Å². The molecule has 0 spiro atoms. The average Bonchev–Trinajstić information content (AvgIpc) is 2.63. The summed E-state index contributed by atoms with van der Waals surface area (Å²) < 4.78 is 5.43. The van der Waals surface area contributed by atoms with E-state index in [2.05, 4.69) is 15.5 Å². The van der Waals surface area contributed by atoms with Gasteiger partial charge in [0.05, 0.1) is 0 Å². The number of imide groups is 1. The normalized spacial score (nSPS) is 20.6. The molecule has 8 nitrogen and oxygen atoms in total. The van der Waals surface area contributed by atoms with E-state index in [1.165, 1.54) is 0 Å². The summed E-state index contributed by atoms with van der Waals surface area (Å²) in [6.07, 6.45) is 0.582. The van der Waals surface area contributed by atoms with Crippen molar-refractivity contribution >= 4 is 29.3 Å². The van der Waals surface area contributed by atoms with Crippen molar-refractivity contribution in [3.05, 3.63) is 24.3 Å². The number of ether oxygens (including phenoxy) is 1. The predicted octanol–water partition coefficient (Wildman–Crippen LogP) is 1.96. The van der Waals surface area contributed by atoms with Crippen molar-refractivity contribution < 1.29 is 19.1 Å². The first-order valence-corrected chi connectivity index (χ1v) is 9.64. The lowest BCUT2D eigenvalue weighted by Gasteiger charge is -2.36. The Balaban J connectivity index is 1.51. The Morgan fingerprint density at radius 2 is 1.75 bits per heavy atom. The van der Waals surface area contributed by atoms with E-state index in [-0.39, 0.29) is 23.9 Å². The zero-order valence-corrected chi connectivity index (χ0v) is 16.7. The molecule has 152 valence electrons. The second-order valence-corrected chi connectivity index (χ2v) is 8.15. The number of carbonyl (C=O) groups excluding carboxylic acids is 3. The average molecular weight is 388 g/mol. The number of carbonyl (C=O) groups is 3. The van der Waals surface area contributed by atoms with Crippen LogP contribution in [0.4, 0.5) is 16.2 Å². The van der Waals surface area contributed by atoms with Crippen molar-refractivity contribution in [3.63, 3.8) is 0 Å². The molecule has 2 N–H and O–H groups in total. The third-order valence-electron chi connectivity index (χ3n) is 4.74. The van der Waals surface area contributed by atoms with Gasteiger partial charge in [0.2, 0.25) is 11.8 Å². The number of anilines is 2. The van der Waals surface area contributed by atoms with Gasteiger partial charge < -0.3 is 19.9 Å². The lowest BCUT2D eigenvalue weighted by atomic mass is 10.1. The fourth-order valence-electron chi connectivity index (χ4n) is 3.27. The molecule has 2 heterocycles. The number of nitrogens with one attached hydrogen (secondary N) is 2. The van der Waals surface area contributed by atoms with Gasteiger partial charge in [0.25, 0.3) is 0 Å². The van der Waals surface area contributed by atoms with E-state index in [1.807, 2.05) is 45.0 Å². The molecule has 0 aliphatic carbocycles. The molecule has 8 heteroatoms. The highest BCUT2D eigenvalue weighted by atomic mass is 16.6. The monoisotopic (exact) mass is 388 g/mol. The summed E-state index contributed by atoms with van der Waals surface area (Å²) in [5.74, 6) is -0.498. The Kier molecular flexibility index (Phi) is 5.76. The van der Waals surface area contributed by atoms with Gasteiger partial charge >= 0.3 is 6.09 Å². The van der Waals surface area contributed by atoms with Gasteiger partial charge in [-0.05, 0) is 51.5 Å². The topological polar surface area (TPSA) is 91.0 Å². The Bertz CT molecular complexity index is 734. The number of piperazine rings is 1. The van der Waals surface area contributed by atoms with Gasteiger partial charge in [-0.2, -0.15) is 0 Å². The summed E-state index contributed by atoms with van der Waals surface area (Å²) in [5.41, 5.74) is 1.42. The van der Waals surface area contributed by atoms with E-state index < -0.39 is 5.60 Å². The molecule has 0 saturated carbocycles. The minimum absolute atomic E-state index is 0.219. The Hall–Kier alpha value is -2.77. The summed E-state index contributed by atoms with van der Waals surface area (Å²) in [7, 11) is 0. The first-order valence-electron chi connectivity index (χ1n) is 9.64. The molecule has 28 heavy (non-hydrogen) atoms. The number of hydrogen-bond acceptors (Lipinski definition) is 6. The molecule has 2 fully saturated rings. The smallest absolute Gasteiger partial charge is 0.410 e. The Morgan fingerprint density at radius 1 is 1.11 bits per heavy atom. The van der Waals surface area contributed by atoms with Gasteiger partial charge in [-0.25, -0.2) is 4.79 Å². The minimum atomic E-state index is -0.487. The largest absolute Gasteiger partial charge is 0.444 e. The number of rotatable bonds is 3. The van der Waals surface area contributed by atoms with Gasteiger partial charge in [0, 0.05) is 44.0 Å². The number of hydrogen-bond donors (Lipinski definition) is 2. The van der Waals surface area contributed by atoms with Crippen LogP contribution in [0.5, 0.6) is 0 Å². The number of benzene rings is 1. The van der Waals surface area contributed by atoms with Crippen LogP contribution in [0.3, 0.4) is 0 Å². The van der Waals surface area contributed by atoms with E-state index in [4.69, 9.17) is 4.74 Å². The molecule has 0 bridgehead atoms. The maximum atomic E-state index is 12.2. The highest BCUT2D eigenvalue weighted by molar-refractivity contribution is 6.01. The first kappa shape index (κ1) is 20.0. The van der Waals surface area contributed by atoms with Crippen LogP contribution in [0.25, 0.3) is 0 Å². The molecule has 1 unspecified atom stereocenters. The molecule has 2 saturated heterocycles. The summed E-state index contributed by atoms with van der Waals surface area (Å²) in [4.78, 5) is 39.2. The third-order valence-corrected chi connectivity index (χ3v) is 4.74. The van der Waals surface area contributed by atoms with Crippen LogP contribution in [-0.2, 0) is 14.3 Å². The molecule has 2 aliphatic rings. The molecule has 3 amide bonds. The highest BCUT2D eigenvalue weighted by Crippen LogP contribution is 2.22. The van der Waals surface area contributed by atoms with Gasteiger partial charge in [0.1, 0.15) is 11.6 Å². The maximum Gasteiger partial charge on any atom is 0.410 e. The first-order chi connectivity index (χ1) is 13.2. The van der Waals surface area contributed by atoms with Crippen LogP contribution in [-0.4, -0.2) is 60.6 Å². The van der Waals surface area contributed by atoms with Gasteiger partial charge in [-0.1, -0.05) is 0 Å². The van der Waals surface area contributed by atoms with Crippen molar-refractivity contribution in [3.8, 4) is 0 Å². The van der Waals surface area contributed by atoms with E-state index in [0.717, 1.165) is 24.5 Å². The Morgan fingerprint density at radius 3 is 2.32 bits per heavy atom.